The van der Waals surface area contributed by atoms with E-state index in [9.17, 15) is 24.3 Å². The van der Waals surface area contributed by atoms with Gasteiger partial charge in [-0.15, -0.1) is 0 Å². The third-order valence-electron chi connectivity index (χ3n) is 10.0. The number of hydrogen-bond acceptors (Lipinski definition) is 14. The van der Waals surface area contributed by atoms with Gasteiger partial charge in [0, 0.05) is 13.8 Å². The van der Waals surface area contributed by atoms with Crippen molar-refractivity contribution in [3.8, 4) is 0 Å². The van der Waals surface area contributed by atoms with Crippen molar-refractivity contribution in [1.82, 2.24) is 5.32 Å². The smallest absolute Gasteiger partial charge is 0.311 e. The summed E-state index contributed by atoms with van der Waals surface area (Å²) >= 11 is 0. The molecule has 15 nitrogen and oxygen atoms in total. The van der Waals surface area contributed by atoms with Gasteiger partial charge < -0.3 is 53.1 Å². The van der Waals surface area contributed by atoms with E-state index in [0.717, 1.165) is 16.7 Å². The number of ether oxygens (including phenoxy) is 9. The second-order valence-corrected chi connectivity index (χ2v) is 17.5. The highest BCUT2D eigenvalue weighted by Gasteiger charge is 2.56. The van der Waals surface area contributed by atoms with Gasteiger partial charge in [-0.05, 0) is 58.2 Å². The van der Waals surface area contributed by atoms with Crippen molar-refractivity contribution in [3.63, 3.8) is 0 Å². The summed E-state index contributed by atoms with van der Waals surface area (Å²) in [5.41, 5.74) is 0.586. The van der Waals surface area contributed by atoms with Gasteiger partial charge in [-0.2, -0.15) is 0 Å². The van der Waals surface area contributed by atoms with Crippen LogP contribution < -0.4 is 5.32 Å². The normalized spacial score (nSPS) is 26.5. The number of rotatable bonds is 17. The molecule has 0 unspecified atom stereocenters. The van der Waals surface area contributed by atoms with Crippen molar-refractivity contribution in [1.29, 1.82) is 0 Å². The molecular weight excluding hydrogens is 803 g/mol. The summed E-state index contributed by atoms with van der Waals surface area (Å²) in [4.78, 5) is 52.5. The highest BCUT2D eigenvalue weighted by molar-refractivity contribution is 5.76. The lowest BCUT2D eigenvalue weighted by Crippen LogP contribution is -2.69. The summed E-state index contributed by atoms with van der Waals surface area (Å²) in [6.07, 6.45) is -11.7. The molecule has 338 valence electrons. The van der Waals surface area contributed by atoms with E-state index < -0.39 is 103 Å². The van der Waals surface area contributed by atoms with Crippen LogP contribution >= 0.6 is 0 Å². The zero-order valence-electron chi connectivity index (χ0n) is 36.7. The molecule has 62 heavy (non-hydrogen) atoms. The molecule has 3 aromatic rings. The van der Waals surface area contributed by atoms with Crippen LogP contribution in [0.4, 0.5) is 0 Å². The van der Waals surface area contributed by atoms with E-state index in [2.05, 4.69) is 5.32 Å². The summed E-state index contributed by atoms with van der Waals surface area (Å²) < 4.78 is 56.5. The molecule has 2 saturated heterocycles. The van der Waals surface area contributed by atoms with Crippen molar-refractivity contribution >= 4 is 23.8 Å². The van der Waals surface area contributed by atoms with Crippen LogP contribution in [0.3, 0.4) is 0 Å². The monoisotopic (exact) mass is 863 g/mol. The maximum Gasteiger partial charge on any atom is 0.311 e. The molecule has 3 aromatic carbocycles. The first kappa shape index (κ1) is 48.3. The fraction of sp³-hybridized carbons (Fsp3) is 0.532. The zero-order chi connectivity index (χ0) is 45.0. The van der Waals surface area contributed by atoms with E-state index in [1.54, 1.807) is 41.5 Å². The number of aliphatic hydroxyl groups excluding tert-OH is 1. The Hall–Kier alpha value is -4.74. The van der Waals surface area contributed by atoms with Gasteiger partial charge in [0.2, 0.25) is 5.91 Å². The van der Waals surface area contributed by atoms with E-state index in [-0.39, 0.29) is 26.4 Å². The highest BCUT2D eigenvalue weighted by Crippen LogP contribution is 2.35. The first-order chi connectivity index (χ1) is 29.4. The Kier molecular flexibility index (Phi) is 17.2. The molecule has 2 N–H and O–H groups in total. The third-order valence-corrected chi connectivity index (χ3v) is 10.0. The number of carbonyl (C=O) groups is 4. The van der Waals surface area contributed by atoms with Crippen LogP contribution in [0.1, 0.15) is 72.1 Å². The van der Waals surface area contributed by atoms with Crippen LogP contribution in [0.2, 0.25) is 0 Å². The highest BCUT2D eigenvalue weighted by atomic mass is 16.7. The molecular formula is C47H61NO14. The number of carbonyl (C=O) groups excluding carboxylic acids is 4. The molecule has 0 spiro atoms. The van der Waals surface area contributed by atoms with Gasteiger partial charge in [-0.25, -0.2) is 0 Å². The van der Waals surface area contributed by atoms with Crippen LogP contribution in [-0.4, -0.2) is 103 Å². The molecule has 0 bridgehead atoms. The van der Waals surface area contributed by atoms with Gasteiger partial charge in [0.25, 0.3) is 0 Å². The second-order valence-electron chi connectivity index (χ2n) is 17.5. The number of amides is 1. The second kappa shape index (κ2) is 22.1. The van der Waals surface area contributed by atoms with Crippen LogP contribution in [0.25, 0.3) is 0 Å². The average Bonchev–Trinajstić information content (AvgIpc) is 3.21. The summed E-state index contributed by atoms with van der Waals surface area (Å²) in [6, 6.07) is 26.9. The van der Waals surface area contributed by atoms with Crippen LogP contribution in [0, 0.1) is 10.8 Å². The van der Waals surface area contributed by atoms with Crippen molar-refractivity contribution in [3.05, 3.63) is 108 Å². The van der Waals surface area contributed by atoms with Gasteiger partial charge >= 0.3 is 17.9 Å². The lowest BCUT2D eigenvalue weighted by atomic mass is 9.93. The quantitative estimate of drug-likeness (QED) is 0.134. The minimum absolute atomic E-state index is 0.0271. The van der Waals surface area contributed by atoms with Crippen molar-refractivity contribution in [2.45, 2.75) is 137 Å². The standard InChI is InChI=1S/C47H61NO14/c1-29(49)48-36-39(58-30(2)50)38(62-45(53)47(6,7)8)35(28-57-44(52)46(3,4)5)60-43(36)61-40-37(55-25-32-20-14-10-15-21-32)34(27-54-24-31-18-12-9-13-19-31)59-42(51)41(40)56-26-33-22-16-11-17-23-33/h9-23,34-43,51H,24-28H2,1-8H3,(H,48,49)/t34-,35-,36-,37+,38+,39-,40+,41-,42+,43+/m1/s1. The Morgan fingerprint density at radius 2 is 1.10 bits per heavy atom. The average molecular weight is 864 g/mol. The van der Waals surface area contributed by atoms with Gasteiger partial charge in [0.15, 0.2) is 24.8 Å². The van der Waals surface area contributed by atoms with Crippen LogP contribution in [0.5, 0.6) is 0 Å². The molecule has 0 aliphatic carbocycles. The van der Waals surface area contributed by atoms with E-state index in [0.29, 0.717) is 0 Å². The number of benzene rings is 3. The Balaban J connectivity index is 1.58. The Morgan fingerprint density at radius 3 is 1.60 bits per heavy atom. The molecule has 0 radical (unpaired) electrons. The molecule has 15 heteroatoms. The molecule has 0 aromatic heterocycles. The van der Waals surface area contributed by atoms with Gasteiger partial charge in [-0.3, -0.25) is 19.2 Å². The van der Waals surface area contributed by atoms with Gasteiger partial charge in [0.1, 0.15) is 43.2 Å². The SMILES string of the molecule is CC(=O)N[C@H]1[C@H](O[C@@H]2[C@@H](OCc3ccccc3)[C@@H](O)O[C@H](COCc3ccccc3)[C@@H]2OCc2ccccc2)O[C@H](COC(=O)C(C)(C)C)[C@H](OC(=O)C(C)(C)C)[C@@H]1OC(C)=O. The van der Waals surface area contributed by atoms with E-state index in [1.807, 2.05) is 91.0 Å². The molecule has 1 amide bonds. The number of aliphatic hydroxyl groups is 1. The van der Waals surface area contributed by atoms with Gasteiger partial charge in [0.05, 0.1) is 37.3 Å². The Morgan fingerprint density at radius 1 is 0.597 bits per heavy atom. The van der Waals surface area contributed by atoms with E-state index in [1.165, 1.54) is 13.8 Å². The van der Waals surface area contributed by atoms with Gasteiger partial charge in [-0.1, -0.05) is 91.0 Å². The van der Waals surface area contributed by atoms with E-state index in [4.69, 9.17) is 42.6 Å². The summed E-state index contributed by atoms with van der Waals surface area (Å²) in [5, 5.41) is 14.6. The summed E-state index contributed by atoms with van der Waals surface area (Å²) in [7, 11) is 0. The van der Waals surface area contributed by atoms with Crippen molar-refractivity contribution < 1.29 is 66.9 Å². The predicted octanol–water partition coefficient (Wildman–Crippen LogP) is 5.18. The first-order valence-corrected chi connectivity index (χ1v) is 20.8. The topological polar surface area (TPSA) is 184 Å². The molecule has 0 saturated carbocycles. The maximum absolute atomic E-state index is 13.5. The van der Waals surface area contributed by atoms with Crippen LogP contribution in [-0.2, 0) is 81.6 Å². The fourth-order valence-corrected chi connectivity index (χ4v) is 6.81. The molecule has 5 rings (SSSR count). The molecule has 2 fully saturated rings. The molecule has 2 aliphatic heterocycles. The lowest BCUT2D eigenvalue weighted by Gasteiger charge is -2.49. The first-order valence-electron chi connectivity index (χ1n) is 20.8. The van der Waals surface area contributed by atoms with Crippen LogP contribution in [0.15, 0.2) is 91.0 Å². The van der Waals surface area contributed by atoms with Crippen molar-refractivity contribution in [2.24, 2.45) is 10.8 Å². The molecule has 2 aliphatic rings. The Labute approximate surface area is 363 Å². The molecule has 2 heterocycles. The summed E-state index contributed by atoms with van der Waals surface area (Å²) in [5.74, 6) is -2.58. The Bertz CT molecular complexity index is 1880. The predicted molar refractivity (Wildman–Crippen MR) is 223 cm³/mol. The maximum atomic E-state index is 13.5. The summed E-state index contributed by atoms with van der Waals surface area (Å²) in [6.45, 7) is 12.2. The minimum atomic E-state index is -1.60. The lowest BCUT2D eigenvalue weighted by molar-refractivity contribution is -0.355. The number of hydrogen-bond donors (Lipinski definition) is 2. The zero-order valence-corrected chi connectivity index (χ0v) is 36.7. The number of nitrogens with one attached hydrogen (secondary N) is 1. The van der Waals surface area contributed by atoms with E-state index >= 15 is 0 Å². The molecule has 10 atom stereocenters. The fourth-order valence-electron chi connectivity index (χ4n) is 6.81. The minimum Gasteiger partial charge on any atom is -0.462 e. The third kappa shape index (κ3) is 13.9. The largest absolute Gasteiger partial charge is 0.462 e. The number of esters is 3. The van der Waals surface area contributed by atoms with Crippen molar-refractivity contribution in [2.75, 3.05) is 13.2 Å².